The molecule has 144 valence electrons. The van der Waals surface area contributed by atoms with E-state index in [0.717, 1.165) is 39.2 Å². The third-order valence-electron chi connectivity index (χ3n) is 5.59. The van der Waals surface area contributed by atoms with E-state index in [1.165, 1.54) is 12.8 Å². The van der Waals surface area contributed by atoms with Gasteiger partial charge in [-0.05, 0) is 43.2 Å². The Hall–Kier alpha value is -3.65. The van der Waals surface area contributed by atoms with Crippen molar-refractivity contribution in [2.45, 2.75) is 24.4 Å². The fourth-order valence-corrected chi connectivity index (χ4v) is 3.86. The number of rotatable bonds is 3. The Kier molecular flexibility index (Phi) is 3.33. The van der Waals surface area contributed by atoms with Gasteiger partial charge in [0.15, 0.2) is 5.66 Å². The van der Waals surface area contributed by atoms with Crippen LogP contribution in [0.25, 0.3) is 10.9 Å². The number of aliphatic imine (C=N–C) groups is 1. The van der Waals surface area contributed by atoms with Crippen molar-refractivity contribution in [3.8, 4) is 0 Å². The van der Waals surface area contributed by atoms with Gasteiger partial charge in [-0.25, -0.2) is 4.99 Å². The fraction of sp³-hybridized carbons (Fsp3) is 0.190. The maximum absolute atomic E-state index is 6.88. The molecule has 29 heavy (non-hydrogen) atoms. The minimum Gasteiger partial charge on any atom is -0.326 e. The molecule has 1 atom stereocenters. The Labute approximate surface area is 166 Å². The molecule has 8 nitrogen and oxygen atoms in total. The molecule has 1 aliphatic heterocycles. The van der Waals surface area contributed by atoms with E-state index < -0.39 is 5.66 Å². The van der Waals surface area contributed by atoms with Crippen LogP contribution in [0.15, 0.2) is 59.7 Å². The Morgan fingerprint density at radius 3 is 2.86 bits per heavy atom. The minimum atomic E-state index is -1.08. The molecule has 8 heteroatoms. The quantitative estimate of drug-likeness (QED) is 0.371. The van der Waals surface area contributed by atoms with Crippen molar-refractivity contribution in [3.05, 3.63) is 71.7 Å². The number of nitrogens with one attached hydrogen (secondary N) is 4. The van der Waals surface area contributed by atoms with E-state index in [1.807, 2.05) is 42.5 Å². The Morgan fingerprint density at radius 1 is 1.07 bits per heavy atom. The van der Waals surface area contributed by atoms with E-state index in [2.05, 4.69) is 37.1 Å². The van der Waals surface area contributed by atoms with Crippen molar-refractivity contribution in [1.82, 2.24) is 20.4 Å². The maximum atomic E-state index is 6.88. The number of nitrogens with zero attached hydrogens (tertiary/aromatic N) is 3. The standard InChI is InChI=1S/C21H20N8/c22-21(19-10-18(28-29-19)12-5-6-12)15-3-1-2-4-16(15)25-20(26-21)24-14-8-7-13-11-23-27-17(13)9-14/h1-4,7-12H,5-6,22H2,(H,23,27)(H,28,29)(H2,24,25,26). The molecule has 1 unspecified atom stereocenters. The number of aromatic nitrogens is 4. The number of hydrogen-bond acceptors (Lipinski definition) is 6. The van der Waals surface area contributed by atoms with Crippen LogP contribution in [0.4, 0.5) is 11.4 Å². The van der Waals surface area contributed by atoms with Crippen LogP contribution in [-0.4, -0.2) is 26.4 Å². The SMILES string of the molecule is NC1(c2cc(C3CC3)[nH]n2)N=C(Nc2ccc3cn[nH]c3c2)Nc2ccccc21. The van der Waals surface area contributed by atoms with Gasteiger partial charge in [-0.1, -0.05) is 18.2 Å². The minimum absolute atomic E-state index is 0.569. The van der Waals surface area contributed by atoms with E-state index >= 15 is 0 Å². The molecule has 2 aromatic carbocycles. The number of fused-ring (bicyclic) bond motifs is 2. The first-order chi connectivity index (χ1) is 14.2. The fourth-order valence-electron chi connectivity index (χ4n) is 3.86. The molecular weight excluding hydrogens is 364 g/mol. The lowest BCUT2D eigenvalue weighted by atomic mass is 9.94. The molecule has 0 spiro atoms. The summed E-state index contributed by atoms with van der Waals surface area (Å²) in [7, 11) is 0. The molecule has 3 heterocycles. The lowest BCUT2D eigenvalue weighted by Crippen LogP contribution is -2.44. The number of aromatic amines is 2. The van der Waals surface area contributed by atoms with E-state index in [9.17, 15) is 0 Å². The highest BCUT2D eigenvalue weighted by Crippen LogP contribution is 2.42. The average Bonchev–Trinajstić information content (AvgIpc) is 3.25. The highest BCUT2D eigenvalue weighted by Gasteiger charge is 2.39. The maximum Gasteiger partial charge on any atom is 0.202 e. The largest absolute Gasteiger partial charge is 0.326 e. The van der Waals surface area contributed by atoms with Crippen LogP contribution >= 0.6 is 0 Å². The zero-order chi connectivity index (χ0) is 19.4. The number of guanidine groups is 1. The molecule has 4 aromatic rings. The number of para-hydroxylation sites is 1. The van der Waals surface area contributed by atoms with Gasteiger partial charge in [-0.3, -0.25) is 15.9 Å². The third-order valence-corrected chi connectivity index (χ3v) is 5.59. The van der Waals surface area contributed by atoms with Crippen LogP contribution in [-0.2, 0) is 5.66 Å². The smallest absolute Gasteiger partial charge is 0.202 e. The first-order valence-electron chi connectivity index (χ1n) is 9.70. The van der Waals surface area contributed by atoms with Crippen molar-refractivity contribution < 1.29 is 0 Å². The Bertz CT molecular complexity index is 1250. The summed E-state index contributed by atoms with van der Waals surface area (Å²) < 4.78 is 0. The zero-order valence-electron chi connectivity index (χ0n) is 15.6. The number of hydrogen-bond donors (Lipinski definition) is 5. The normalized spacial score (nSPS) is 20.8. The number of anilines is 2. The van der Waals surface area contributed by atoms with Gasteiger partial charge in [0.1, 0.15) is 5.69 Å². The third kappa shape index (κ3) is 2.68. The number of H-pyrrole nitrogens is 2. The second-order valence-electron chi connectivity index (χ2n) is 7.68. The van der Waals surface area contributed by atoms with Gasteiger partial charge in [0.25, 0.3) is 0 Å². The van der Waals surface area contributed by atoms with Gasteiger partial charge >= 0.3 is 0 Å². The molecule has 6 rings (SSSR count). The highest BCUT2D eigenvalue weighted by atomic mass is 15.3. The first-order valence-corrected chi connectivity index (χ1v) is 9.70. The van der Waals surface area contributed by atoms with Gasteiger partial charge in [0, 0.05) is 33.9 Å². The summed E-state index contributed by atoms with van der Waals surface area (Å²) in [6.45, 7) is 0. The van der Waals surface area contributed by atoms with Crippen LogP contribution < -0.4 is 16.4 Å². The first kappa shape index (κ1) is 16.3. The van der Waals surface area contributed by atoms with Crippen molar-refractivity contribution in [3.63, 3.8) is 0 Å². The van der Waals surface area contributed by atoms with Gasteiger partial charge < -0.3 is 10.6 Å². The second-order valence-corrected chi connectivity index (χ2v) is 7.68. The lowest BCUT2D eigenvalue weighted by molar-refractivity contribution is 0.547. The molecule has 0 saturated heterocycles. The van der Waals surface area contributed by atoms with Gasteiger partial charge in [-0.15, -0.1) is 0 Å². The van der Waals surface area contributed by atoms with Crippen molar-refractivity contribution in [2.75, 3.05) is 10.6 Å². The Morgan fingerprint density at radius 2 is 1.97 bits per heavy atom. The van der Waals surface area contributed by atoms with E-state index in [-0.39, 0.29) is 0 Å². The summed E-state index contributed by atoms with van der Waals surface area (Å²) in [6.07, 6.45) is 4.19. The summed E-state index contributed by atoms with van der Waals surface area (Å²) in [6, 6.07) is 16.0. The summed E-state index contributed by atoms with van der Waals surface area (Å²) in [5, 5.41) is 22.5. The molecule has 0 bridgehead atoms. The van der Waals surface area contributed by atoms with Crippen molar-refractivity contribution in [2.24, 2.45) is 10.7 Å². The van der Waals surface area contributed by atoms with Crippen LogP contribution in [0, 0.1) is 0 Å². The van der Waals surface area contributed by atoms with Crippen molar-refractivity contribution in [1.29, 1.82) is 0 Å². The van der Waals surface area contributed by atoms with Crippen LogP contribution in [0.3, 0.4) is 0 Å². The molecule has 2 aromatic heterocycles. The van der Waals surface area contributed by atoms with Crippen LogP contribution in [0.1, 0.15) is 35.7 Å². The van der Waals surface area contributed by atoms with Gasteiger partial charge in [-0.2, -0.15) is 10.2 Å². The zero-order valence-corrected chi connectivity index (χ0v) is 15.6. The predicted octanol–water partition coefficient (Wildman–Crippen LogP) is 3.22. The molecule has 0 radical (unpaired) electrons. The molecule has 6 N–H and O–H groups in total. The second kappa shape index (κ2) is 5.92. The van der Waals surface area contributed by atoms with Gasteiger partial charge in [0.05, 0.1) is 11.7 Å². The van der Waals surface area contributed by atoms with Crippen LogP contribution in [0.5, 0.6) is 0 Å². The summed E-state index contributed by atoms with van der Waals surface area (Å²) in [4.78, 5) is 4.85. The molecule has 2 aliphatic rings. The molecule has 1 saturated carbocycles. The number of benzene rings is 2. The average molecular weight is 384 g/mol. The molecular formula is C21H20N8. The summed E-state index contributed by atoms with van der Waals surface area (Å²) >= 11 is 0. The molecule has 0 amide bonds. The molecule has 1 fully saturated rings. The molecule has 1 aliphatic carbocycles. The summed E-state index contributed by atoms with van der Waals surface area (Å²) in [5.41, 5.74) is 11.3. The summed E-state index contributed by atoms with van der Waals surface area (Å²) in [5.74, 6) is 1.14. The van der Waals surface area contributed by atoms with E-state index in [0.29, 0.717) is 11.9 Å². The van der Waals surface area contributed by atoms with E-state index in [1.54, 1.807) is 6.20 Å². The topological polar surface area (TPSA) is 120 Å². The van der Waals surface area contributed by atoms with E-state index in [4.69, 9.17) is 10.7 Å². The van der Waals surface area contributed by atoms with Crippen LogP contribution in [0.2, 0.25) is 0 Å². The highest BCUT2D eigenvalue weighted by molar-refractivity contribution is 6.06. The monoisotopic (exact) mass is 384 g/mol. The van der Waals surface area contributed by atoms with Gasteiger partial charge in [0.2, 0.25) is 5.96 Å². The Balaban J connectivity index is 1.41. The predicted molar refractivity (Wildman–Crippen MR) is 113 cm³/mol. The lowest BCUT2D eigenvalue weighted by Gasteiger charge is -2.32. The number of nitrogens with two attached hydrogens (primary N) is 1. The van der Waals surface area contributed by atoms with Crippen molar-refractivity contribution >= 4 is 28.2 Å².